The molecule has 5 N–H and O–H groups in total. The van der Waals surface area contributed by atoms with Gasteiger partial charge < -0.3 is 101 Å². The zero-order valence-electron chi connectivity index (χ0n) is 82.1. The maximum Gasteiger partial charge on any atom is 0.161 e. The van der Waals surface area contributed by atoms with Crippen LogP contribution >= 0.6 is 0 Å². The number of methoxy groups -OCH3 is 11. The lowest BCUT2D eigenvalue weighted by molar-refractivity contribution is 0.353. The van der Waals surface area contributed by atoms with Crippen LogP contribution in [-0.2, 0) is 0 Å². The van der Waals surface area contributed by atoms with Crippen molar-refractivity contribution in [1.29, 1.82) is 0 Å². The van der Waals surface area contributed by atoms with E-state index in [-0.39, 0.29) is 28.7 Å². The van der Waals surface area contributed by atoms with Crippen LogP contribution < -0.4 is 75.8 Å². The minimum Gasteiger partial charge on any atom is -0.508 e. The third-order valence-corrected chi connectivity index (χ3v) is 25.9. The lowest BCUT2D eigenvalue weighted by atomic mass is 9.86. The second-order valence-corrected chi connectivity index (χ2v) is 33.8. The summed E-state index contributed by atoms with van der Waals surface area (Å²) in [5.74, 6) is 13.6. The smallest absolute Gasteiger partial charge is 0.161 e. The Labute approximate surface area is 827 Å². The average Bonchev–Trinajstić information content (AvgIpc) is 0.765. The molecule has 5 heterocycles. The standard InChI is InChI=1S/C25H24O5.C25H24O4.2C24H22O4.C23H20O4/c1-15-21(26)11-10-19-24(16-5-8-18(27-2)9-6-16)20(14-30-25(15)19)17-7-12-22(28-3)23(13-17)29-4;1-16-23(28-4)14-13-21-24(18-7-11-20(27-3)12-8-18)22(15-29-25(16)21)17-5-9-19(26-2)10-6-17;1-15-22(25)13-12-20-23(17-6-10-19(27-3)11-7-17)21(14-28-24(15)20)16-4-8-18(26-2)9-5-16;1-15-22(27-3)13-12-20-23(17-6-10-19(26-2)11-7-17)21(14-28-24(15)20)16-4-8-18(25)9-5-16;1-14-21(25)12-11-19-22(16-5-9-18(26-2)10-6-16)20(13-27-23(14)19)15-3-7-17(24)8-4-15/h5-13,26H,14H2,1-4H3;5-14H,15H2,1-4H3;2*4-13,25H,14H2,1-3H3;3-12,24-25H,13H2,1-2H3. The van der Waals surface area contributed by atoms with E-state index in [2.05, 4.69) is 54.6 Å². The molecular formula is C121H112O21. The molecule has 0 saturated carbocycles. The zero-order chi connectivity index (χ0) is 99.9. The van der Waals surface area contributed by atoms with Gasteiger partial charge in [0, 0.05) is 83.5 Å². The van der Waals surface area contributed by atoms with Crippen LogP contribution in [0.4, 0.5) is 0 Å². The molecule has 0 atom stereocenters. The van der Waals surface area contributed by atoms with Gasteiger partial charge in [-0.1, -0.05) is 115 Å². The van der Waals surface area contributed by atoms with Gasteiger partial charge in [0.1, 0.15) is 142 Å². The van der Waals surface area contributed by atoms with Gasteiger partial charge in [0.15, 0.2) is 11.5 Å². The lowest BCUT2D eigenvalue weighted by Gasteiger charge is -2.27. The molecule has 722 valence electrons. The molecule has 5 aliphatic rings. The molecule has 5 aliphatic heterocycles. The van der Waals surface area contributed by atoms with E-state index in [1.165, 1.54) is 0 Å². The van der Waals surface area contributed by atoms with Crippen molar-refractivity contribution in [3.63, 3.8) is 0 Å². The third kappa shape index (κ3) is 20.5. The Bertz CT molecular complexity index is 7260. The number of phenols is 5. The molecule has 0 aliphatic carbocycles. The van der Waals surface area contributed by atoms with Crippen LogP contribution in [0.15, 0.2) is 297 Å². The van der Waals surface area contributed by atoms with Crippen molar-refractivity contribution in [2.24, 2.45) is 0 Å². The molecule has 20 rings (SSSR count). The fraction of sp³-hybridized carbons (Fsp3) is 0.174. The number of hydrogen-bond acceptors (Lipinski definition) is 21. The average molecular weight is 1900 g/mol. The number of rotatable bonds is 21. The summed E-state index contributed by atoms with van der Waals surface area (Å²) in [6.45, 7) is 11.7. The molecule has 0 aromatic heterocycles. The van der Waals surface area contributed by atoms with Gasteiger partial charge >= 0.3 is 0 Å². The molecule has 0 bridgehead atoms. The molecule has 0 unspecified atom stereocenters. The van der Waals surface area contributed by atoms with Crippen LogP contribution in [0.2, 0.25) is 0 Å². The quantitative estimate of drug-likeness (QED) is 0.0448. The van der Waals surface area contributed by atoms with Gasteiger partial charge in [-0.25, -0.2) is 0 Å². The first-order valence-electron chi connectivity index (χ1n) is 46.0. The maximum absolute atomic E-state index is 10.2. The van der Waals surface area contributed by atoms with Gasteiger partial charge in [0.25, 0.3) is 0 Å². The molecule has 21 nitrogen and oxygen atoms in total. The molecule has 0 saturated heterocycles. The van der Waals surface area contributed by atoms with Gasteiger partial charge in [-0.3, -0.25) is 0 Å². The SMILES string of the molecule is COc1ccc(C2=C(c3ccc(O)cc3)COc3c2ccc(O)c3C)cc1.COc1ccc(C2=C(c3ccc(O)cc3)COc3c2ccc(OC)c3C)cc1.COc1ccc(C2=C(c3ccc(OC)c(OC)c3)COc3c2ccc(O)c3C)cc1.COc1ccc(C2=C(c3ccc(OC)cc3)c3ccc(O)c(C)c3OC2)cc1.COc1ccc(C2=C(c3ccc(OC)cc3)c3ccc(OC)c(C)c3OC2)cc1. The van der Waals surface area contributed by atoms with Gasteiger partial charge in [-0.2, -0.15) is 0 Å². The van der Waals surface area contributed by atoms with Crippen LogP contribution in [0, 0.1) is 34.6 Å². The summed E-state index contributed by atoms with van der Waals surface area (Å²) in [4.78, 5) is 0. The Balaban J connectivity index is 0.000000128. The summed E-state index contributed by atoms with van der Waals surface area (Å²) in [6, 6.07) is 95.2. The molecule has 15 aromatic rings. The van der Waals surface area contributed by atoms with Crippen LogP contribution in [0.25, 0.3) is 55.7 Å². The number of hydrogen-bond donors (Lipinski definition) is 5. The minimum atomic E-state index is 0.218. The summed E-state index contributed by atoms with van der Waals surface area (Å²) >= 11 is 0. The number of ether oxygens (including phenoxy) is 16. The zero-order valence-corrected chi connectivity index (χ0v) is 82.1. The second kappa shape index (κ2) is 44.1. The van der Waals surface area contributed by atoms with Gasteiger partial charge in [0.2, 0.25) is 0 Å². The Morgan fingerprint density at radius 2 is 0.359 bits per heavy atom. The third-order valence-electron chi connectivity index (χ3n) is 25.9. The summed E-state index contributed by atoms with van der Waals surface area (Å²) < 4.78 is 89.6. The number of phenolic OH excluding ortho intramolecular Hbond substituents is 5. The Morgan fingerprint density at radius 1 is 0.176 bits per heavy atom. The Kier molecular flexibility index (Phi) is 30.4. The van der Waals surface area contributed by atoms with Crippen molar-refractivity contribution < 1.29 is 101 Å². The summed E-state index contributed by atoms with van der Waals surface area (Å²) in [6.07, 6.45) is 0. The first-order valence-corrected chi connectivity index (χ1v) is 46.0. The Hall–Kier alpha value is -17.2. The fourth-order valence-corrected chi connectivity index (χ4v) is 18.2. The summed E-state index contributed by atoms with van der Waals surface area (Å²) in [5.41, 5.74) is 30.4. The first-order chi connectivity index (χ1) is 69.0. The predicted octanol–water partition coefficient (Wildman–Crippen LogP) is 25.4. The van der Waals surface area contributed by atoms with E-state index >= 15 is 0 Å². The fourth-order valence-electron chi connectivity index (χ4n) is 18.2. The summed E-state index contributed by atoms with van der Waals surface area (Å²) in [7, 11) is 18.2. The highest BCUT2D eigenvalue weighted by Crippen LogP contribution is 2.53. The van der Waals surface area contributed by atoms with E-state index < -0.39 is 0 Å². The highest BCUT2D eigenvalue weighted by molar-refractivity contribution is 6.07. The van der Waals surface area contributed by atoms with Crippen molar-refractivity contribution in [2.45, 2.75) is 34.6 Å². The highest BCUT2D eigenvalue weighted by atomic mass is 16.5. The lowest BCUT2D eigenvalue weighted by Crippen LogP contribution is -2.13. The topological polar surface area (TPSA) is 249 Å². The molecule has 142 heavy (non-hydrogen) atoms. The molecule has 0 amide bonds. The highest BCUT2D eigenvalue weighted by Gasteiger charge is 2.33. The van der Waals surface area contributed by atoms with E-state index in [4.69, 9.17) is 75.8 Å². The van der Waals surface area contributed by atoms with Gasteiger partial charge in [0.05, 0.1) is 78.2 Å². The number of fused-ring (bicyclic) bond motifs is 5. The van der Waals surface area contributed by atoms with E-state index in [9.17, 15) is 25.5 Å². The molecule has 15 aromatic carbocycles. The molecule has 21 heteroatoms. The monoisotopic (exact) mass is 1900 g/mol. The summed E-state index contributed by atoms with van der Waals surface area (Å²) in [5, 5.41) is 49.7. The van der Waals surface area contributed by atoms with E-state index in [0.717, 1.165) is 236 Å². The molecular weight excluding hydrogens is 1790 g/mol. The van der Waals surface area contributed by atoms with Crippen molar-refractivity contribution in [2.75, 3.05) is 111 Å². The predicted molar refractivity (Wildman–Crippen MR) is 558 cm³/mol. The second-order valence-electron chi connectivity index (χ2n) is 33.8. The van der Waals surface area contributed by atoms with Gasteiger partial charge in [-0.05, 0) is 300 Å². The van der Waals surface area contributed by atoms with Crippen molar-refractivity contribution in [3.8, 4) is 121 Å². The van der Waals surface area contributed by atoms with E-state index in [1.54, 1.807) is 121 Å². The molecule has 0 fully saturated rings. The van der Waals surface area contributed by atoms with Crippen LogP contribution in [-0.4, -0.2) is 137 Å². The first kappa shape index (κ1) is 97.9. The Morgan fingerprint density at radius 3 is 0.577 bits per heavy atom. The number of benzene rings is 15. The van der Waals surface area contributed by atoms with E-state index in [1.807, 2.05) is 235 Å². The van der Waals surface area contributed by atoms with Crippen LogP contribution in [0.1, 0.15) is 111 Å². The van der Waals surface area contributed by atoms with Crippen molar-refractivity contribution >= 4 is 55.7 Å². The minimum absolute atomic E-state index is 0.218. The van der Waals surface area contributed by atoms with Crippen molar-refractivity contribution in [3.05, 3.63) is 409 Å². The number of aromatic hydroxyl groups is 5. The van der Waals surface area contributed by atoms with E-state index in [0.29, 0.717) is 56.0 Å². The largest absolute Gasteiger partial charge is 0.508 e. The van der Waals surface area contributed by atoms with Crippen molar-refractivity contribution in [1.82, 2.24) is 0 Å². The van der Waals surface area contributed by atoms with Crippen LogP contribution in [0.3, 0.4) is 0 Å². The van der Waals surface area contributed by atoms with Gasteiger partial charge in [-0.15, -0.1) is 0 Å². The molecule has 0 spiro atoms. The normalized spacial score (nSPS) is 12.9. The molecule has 0 radical (unpaired) electrons. The maximum atomic E-state index is 10.2. The van der Waals surface area contributed by atoms with Crippen LogP contribution in [0.5, 0.6) is 121 Å².